The molecular weight excluding hydrogens is 400 g/mol. The van der Waals surface area contributed by atoms with E-state index in [0.717, 1.165) is 15.4 Å². The maximum absolute atomic E-state index is 12.3. The molecule has 25 heavy (non-hydrogen) atoms. The number of esters is 1. The maximum Gasteiger partial charge on any atom is 0.356 e. The van der Waals surface area contributed by atoms with Crippen LogP contribution in [0.4, 0.5) is 0 Å². The van der Waals surface area contributed by atoms with Gasteiger partial charge in [-0.25, -0.2) is 4.79 Å². The molecule has 138 valence electrons. The van der Waals surface area contributed by atoms with Gasteiger partial charge in [-0.1, -0.05) is 36.7 Å². The van der Waals surface area contributed by atoms with Crippen LogP contribution in [-0.2, 0) is 15.7 Å². The van der Waals surface area contributed by atoms with E-state index in [1.54, 1.807) is 4.68 Å². The number of nitrogens with zero attached hydrogens (tertiary/aromatic N) is 2. The minimum absolute atomic E-state index is 0.0537. The number of halogens is 1. The number of hydrogen-bond donors (Lipinski definition) is 0. The Hall–Kier alpha value is -1.18. The monoisotopic (exact) mass is 426 g/mol. The number of aromatic nitrogens is 2. The lowest BCUT2D eigenvalue weighted by Gasteiger charge is -2.38. The molecule has 0 amide bonds. The molecular formula is C18H27BrN2O3Si. The second-order valence-corrected chi connectivity index (χ2v) is 13.5. The Balaban J connectivity index is 2.36. The van der Waals surface area contributed by atoms with Crippen LogP contribution in [0.3, 0.4) is 0 Å². The van der Waals surface area contributed by atoms with E-state index in [9.17, 15) is 4.79 Å². The zero-order chi connectivity index (χ0) is 19.0. The van der Waals surface area contributed by atoms with Crippen LogP contribution in [0.2, 0.25) is 18.1 Å². The van der Waals surface area contributed by atoms with Crippen LogP contribution in [0.1, 0.15) is 38.2 Å². The normalized spacial score (nSPS) is 13.9. The van der Waals surface area contributed by atoms with Crippen LogP contribution in [0, 0.1) is 0 Å². The third-order valence-electron chi connectivity index (χ3n) is 4.81. The van der Waals surface area contributed by atoms with Crippen molar-refractivity contribution in [1.29, 1.82) is 0 Å². The minimum Gasteiger partial charge on any atom is -0.464 e. The summed E-state index contributed by atoms with van der Waals surface area (Å²) in [5.74, 6) is -0.389. The summed E-state index contributed by atoms with van der Waals surface area (Å²) in [5.41, 5.74) is 1.23. The van der Waals surface area contributed by atoms with Crippen molar-refractivity contribution >= 4 is 41.1 Å². The predicted octanol–water partition coefficient (Wildman–Crippen LogP) is 5.00. The fourth-order valence-electron chi connectivity index (χ4n) is 2.51. The first kappa shape index (κ1) is 20.1. The summed E-state index contributed by atoms with van der Waals surface area (Å²) < 4.78 is 14.0. The molecule has 0 aliphatic carbocycles. The molecule has 2 aromatic rings. The largest absolute Gasteiger partial charge is 0.464 e. The van der Waals surface area contributed by atoms with E-state index in [1.165, 1.54) is 7.11 Å². The van der Waals surface area contributed by atoms with Crippen molar-refractivity contribution < 1.29 is 14.0 Å². The molecule has 0 aliphatic rings. The van der Waals surface area contributed by atoms with E-state index >= 15 is 0 Å². The summed E-state index contributed by atoms with van der Waals surface area (Å²) in [6.07, 6.45) is -0.0537. The fraction of sp³-hybridized carbons (Fsp3) is 0.556. The summed E-state index contributed by atoms with van der Waals surface area (Å²) >= 11 is 3.45. The van der Waals surface area contributed by atoms with E-state index in [0.29, 0.717) is 12.2 Å². The molecule has 0 N–H and O–H groups in total. The van der Waals surface area contributed by atoms with Crippen molar-refractivity contribution in [1.82, 2.24) is 9.78 Å². The molecule has 1 atom stereocenters. The minimum atomic E-state index is -1.89. The predicted molar refractivity (Wildman–Crippen MR) is 107 cm³/mol. The number of fused-ring (bicyclic) bond motifs is 1. The van der Waals surface area contributed by atoms with Gasteiger partial charge in [0.2, 0.25) is 0 Å². The smallest absolute Gasteiger partial charge is 0.356 e. The molecule has 0 aliphatic heterocycles. The van der Waals surface area contributed by atoms with E-state index in [2.05, 4.69) is 54.9 Å². The zero-order valence-corrected chi connectivity index (χ0v) is 18.6. The van der Waals surface area contributed by atoms with E-state index in [-0.39, 0.29) is 17.1 Å². The van der Waals surface area contributed by atoms with Gasteiger partial charge >= 0.3 is 5.97 Å². The summed E-state index contributed by atoms with van der Waals surface area (Å²) in [4.78, 5) is 12.3. The Bertz CT molecular complexity index is 780. The van der Waals surface area contributed by atoms with Crippen molar-refractivity contribution in [3.05, 3.63) is 28.4 Å². The van der Waals surface area contributed by atoms with Gasteiger partial charge in [-0.15, -0.1) is 0 Å². The van der Waals surface area contributed by atoms with Crippen LogP contribution in [-0.4, -0.2) is 37.3 Å². The number of carbonyl (C=O) groups excluding carboxylic acids is 1. The summed E-state index contributed by atoms with van der Waals surface area (Å²) in [5, 5.41) is 5.49. The summed E-state index contributed by atoms with van der Waals surface area (Å²) in [6, 6.07) is 5.70. The zero-order valence-electron chi connectivity index (χ0n) is 16.0. The first-order valence-electron chi connectivity index (χ1n) is 8.38. The highest BCUT2D eigenvalue weighted by molar-refractivity contribution is 9.10. The highest BCUT2D eigenvalue weighted by Gasteiger charge is 2.38. The van der Waals surface area contributed by atoms with Crippen molar-refractivity contribution in [2.45, 2.75) is 58.5 Å². The molecule has 5 nitrogen and oxygen atoms in total. The van der Waals surface area contributed by atoms with Gasteiger partial charge < -0.3 is 9.16 Å². The molecule has 0 fully saturated rings. The molecule has 0 spiro atoms. The average molecular weight is 427 g/mol. The molecule has 0 unspecified atom stereocenters. The lowest BCUT2D eigenvalue weighted by Crippen LogP contribution is -2.44. The topological polar surface area (TPSA) is 53.3 Å². The summed E-state index contributed by atoms with van der Waals surface area (Å²) in [6.45, 7) is 13.6. The fourth-order valence-corrected chi connectivity index (χ4v) is 4.30. The third kappa shape index (κ3) is 4.32. The van der Waals surface area contributed by atoms with Gasteiger partial charge in [0.25, 0.3) is 0 Å². The molecule has 2 rings (SSSR count). The highest BCUT2D eigenvalue weighted by Crippen LogP contribution is 2.37. The Morgan fingerprint density at radius 2 is 2.00 bits per heavy atom. The van der Waals surface area contributed by atoms with Crippen LogP contribution < -0.4 is 0 Å². The van der Waals surface area contributed by atoms with Crippen LogP contribution in [0.15, 0.2) is 22.7 Å². The van der Waals surface area contributed by atoms with Crippen LogP contribution >= 0.6 is 15.9 Å². The Kier molecular flexibility index (Phi) is 5.80. The van der Waals surface area contributed by atoms with Crippen molar-refractivity contribution in [3.8, 4) is 0 Å². The average Bonchev–Trinajstić information content (AvgIpc) is 2.81. The van der Waals surface area contributed by atoms with Gasteiger partial charge in [0.05, 0.1) is 25.3 Å². The van der Waals surface area contributed by atoms with E-state index in [4.69, 9.17) is 9.16 Å². The SMILES string of the molecule is COC(=O)c1c2cc(Br)ccc2nn1C[C@H](C)O[Si](C)(C)C(C)(C)C. The number of benzene rings is 1. The van der Waals surface area contributed by atoms with Crippen LogP contribution in [0.5, 0.6) is 0 Å². The van der Waals surface area contributed by atoms with Gasteiger partial charge in [0, 0.05) is 9.86 Å². The lowest BCUT2D eigenvalue weighted by molar-refractivity contribution is 0.0584. The highest BCUT2D eigenvalue weighted by atomic mass is 79.9. The van der Waals surface area contributed by atoms with Gasteiger partial charge in [0.1, 0.15) is 0 Å². The first-order chi connectivity index (χ1) is 11.5. The molecule has 0 bridgehead atoms. The number of carbonyl (C=O) groups is 1. The molecule has 1 aromatic carbocycles. The molecule has 0 saturated carbocycles. The standard InChI is InChI=1S/C18H27BrN2O3Si/c1-12(24-25(6,7)18(2,3)4)11-21-16(17(22)23-5)14-10-13(19)8-9-15(14)20-21/h8-10,12H,11H2,1-7H3/t12-/m0/s1. The Morgan fingerprint density at radius 1 is 1.36 bits per heavy atom. The number of hydrogen-bond acceptors (Lipinski definition) is 4. The van der Waals surface area contributed by atoms with Gasteiger partial charge in [-0.2, -0.15) is 5.10 Å². The lowest BCUT2D eigenvalue weighted by atomic mass is 10.2. The number of methoxy groups -OCH3 is 1. The molecule has 0 saturated heterocycles. The third-order valence-corrected chi connectivity index (χ3v) is 9.91. The van der Waals surface area contributed by atoms with Crippen LogP contribution in [0.25, 0.3) is 10.9 Å². The Labute approximate surface area is 158 Å². The molecule has 1 heterocycles. The second-order valence-electron chi connectivity index (χ2n) is 7.87. The van der Waals surface area contributed by atoms with E-state index < -0.39 is 8.32 Å². The molecule has 0 radical (unpaired) electrons. The summed E-state index contributed by atoms with van der Waals surface area (Å²) in [7, 11) is -0.500. The van der Waals surface area contributed by atoms with Gasteiger partial charge in [-0.05, 0) is 43.3 Å². The van der Waals surface area contributed by atoms with Crippen molar-refractivity contribution in [3.63, 3.8) is 0 Å². The number of rotatable bonds is 5. The maximum atomic E-state index is 12.3. The van der Waals surface area contributed by atoms with E-state index in [1.807, 2.05) is 25.1 Å². The first-order valence-corrected chi connectivity index (χ1v) is 12.1. The Morgan fingerprint density at radius 3 is 2.56 bits per heavy atom. The van der Waals surface area contributed by atoms with Gasteiger partial charge in [0.15, 0.2) is 14.0 Å². The molecule has 1 aromatic heterocycles. The van der Waals surface area contributed by atoms with Gasteiger partial charge in [-0.3, -0.25) is 4.68 Å². The second kappa shape index (κ2) is 7.21. The molecule has 7 heteroatoms. The number of ether oxygens (including phenoxy) is 1. The quantitative estimate of drug-likeness (QED) is 0.498. The van der Waals surface area contributed by atoms with Crippen molar-refractivity contribution in [2.75, 3.05) is 7.11 Å². The van der Waals surface area contributed by atoms with Crippen molar-refractivity contribution in [2.24, 2.45) is 0 Å².